The quantitative estimate of drug-likeness (QED) is 0.643. The summed E-state index contributed by atoms with van der Waals surface area (Å²) in [5, 5.41) is 3.18. The number of benzene rings is 2. The van der Waals surface area contributed by atoms with E-state index >= 15 is 0 Å². The molecule has 3 saturated heterocycles. The minimum atomic E-state index is -4.70. The zero-order valence-corrected chi connectivity index (χ0v) is 18.7. The normalized spacial score (nSPS) is 28.4. The molecule has 7 rings (SSSR count). The lowest BCUT2D eigenvalue weighted by molar-refractivity contribution is -0.274. The van der Waals surface area contributed by atoms with Gasteiger partial charge in [0.05, 0.1) is 6.04 Å². The summed E-state index contributed by atoms with van der Waals surface area (Å²) in [7, 11) is 0. The van der Waals surface area contributed by atoms with E-state index in [0.29, 0.717) is 5.92 Å². The number of hydrogen-bond acceptors (Lipinski definition) is 4. The molecule has 2 bridgehead atoms. The Hall–Kier alpha value is -2.74. The summed E-state index contributed by atoms with van der Waals surface area (Å²) in [6.45, 7) is 3.04. The van der Waals surface area contributed by atoms with Crippen LogP contribution in [0.4, 0.5) is 18.0 Å². The molecule has 2 aliphatic carbocycles. The van der Waals surface area contributed by atoms with Crippen molar-refractivity contribution in [2.24, 2.45) is 11.3 Å². The van der Waals surface area contributed by atoms with E-state index in [9.17, 15) is 18.0 Å². The Kier molecular flexibility index (Phi) is 5.06. The molecule has 3 aliphatic heterocycles. The van der Waals surface area contributed by atoms with Gasteiger partial charge in [-0.2, -0.15) is 0 Å². The number of piperidine rings is 3. The Morgan fingerprint density at radius 2 is 1.74 bits per heavy atom. The zero-order chi connectivity index (χ0) is 23.5. The highest BCUT2D eigenvalue weighted by Gasteiger charge is 2.55. The van der Waals surface area contributed by atoms with Crippen molar-refractivity contribution in [2.75, 3.05) is 19.6 Å². The van der Waals surface area contributed by atoms with Crippen molar-refractivity contribution in [2.45, 2.75) is 50.6 Å². The van der Waals surface area contributed by atoms with Crippen LogP contribution in [0.1, 0.15) is 42.9 Å². The predicted octanol–water partition coefficient (Wildman–Crippen LogP) is 5.45. The number of carbonyl (C=O) groups is 1. The summed E-state index contributed by atoms with van der Waals surface area (Å²) >= 11 is 0. The second-order valence-electron chi connectivity index (χ2n) is 10.2. The number of alkyl halides is 3. The van der Waals surface area contributed by atoms with Gasteiger partial charge in [0.2, 0.25) is 0 Å². The van der Waals surface area contributed by atoms with E-state index in [1.54, 1.807) is 12.1 Å². The maximum Gasteiger partial charge on any atom is 0.573 e. The molecule has 1 saturated carbocycles. The van der Waals surface area contributed by atoms with Gasteiger partial charge in [-0.05, 0) is 90.9 Å². The van der Waals surface area contributed by atoms with Crippen molar-refractivity contribution in [1.82, 2.24) is 10.2 Å². The Balaban J connectivity index is 1.16. The highest BCUT2D eigenvalue weighted by Crippen LogP contribution is 2.62. The lowest BCUT2D eigenvalue weighted by Crippen LogP contribution is -2.52. The fourth-order valence-corrected chi connectivity index (χ4v) is 6.07. The van der Waals surface area contributed by atoms with E-state index in [4.69, 9.17) is 4.74 Å². The standard InChI is InChI=1S/C26H27F3N2O3/c27-26(28,29)34-20-4-1-16(2-5-20)18-3-6-21-19(13-18)14-25(9-10-25)23(21)30-24(32)33-22-15-31-11-7-17(22)8-12-31/h1-6,13,17,22-23H,7-12,14-15H2,(H,30,32)/t22-,23?/m1/s1. The molecule has 1 spiro atoms. The van der Waals surface area contributed by atoms with E-state index in [1.165, 1.54) is 17.7 Å². The van der Waals surface area contributed by atoms with Gasteiger partial charge in [0.15, 0.2) is 0 Å². The Labute approximate surface area is 196 Å². The minimum Gasteiger partial charge on any atom is -0.445 e. The van der Waals surface area contributed by atoms with E-state index < -0.39 is 6.36 Å². The number of amides is 1. The van der Waals surface area contributed by atoms with Gasteiger partial charge >= 0.3 is 12.5 Å². The lowest BCUT2D eigenvalue weighted by Gasteiger charge is -2.44. The molecule has 3 heterocycles. The van der Waals surface area contributed by atoms with Crippen molar-refractivity contribution < 1.29 is 27.4 Å². The van der Waals surface area contributed by atoms with Crippen molar-refractivity contribution >= 4 is 6.09 Å². The van der Waals surface area contributed by atoms with Crippen molar-refractivity contribution in [3.8, 4) is 16.9 Å². The van der Waals surface area contributed by atoms with Crippen LogP contribution in [-0.4, -0.2) is 43.1 Å². The maximum absolute atomic E-state index is 12.8. The molecule has 8 heteroatoms. The second-order valence-corrected chi connectivity index (χ2v) is 10.2. The summed E-state index contributed by atoms with van der Waals surface area (Å²) in [5.74, 6) is 0.233. The second kappa shape index (κ2) is 7.90. The molecule has 1 unspecified atom stereocenters. The van der Waals surface area contributed by atoms with E-state index in [-0.39, 0.29) is 29.4 Å². The van der Waals surface area contributed by atoms with Crippen LogP contribution in [0.3, 0.4) is 0 Å². The highest BCUT2D eigenvalue weighted by atomic mass is 19.4. The Bertz CT molecular complexity index is 1090. The third kappa shape index (κ3) is 4.13. The van der Waals surface area contributed by atoms with Crippen LogP contribution >= 0.6 is 0 Å². The maximum atomic E-state index is 12.8. The SMILES string of the molecule is O=C(NC1c2ccc(-c3ccc(OC(F)(F)F)cc3)cc2CC12CC2)O[C@@H]1CN2CCC1CC2. The molecular formula is C26H27F3N2O3. The van der Waals surface area contributed by atoms with Gasteiger partial charge in [0.25, 0.3) is 0 Å². The van der Waals surface area contributed by atoms with Gasteiger partial charge in [-0.1, -0.05) is 30.3 Å². The number of rotatable bonds is 4. The third-order valence-electron chi connectivity index (χ3n) is 8.04. The molecule has 1 amide bonds. The number of alkyl carbamates (subject to hydrolysis) is 1. The molecular weight excluding hydrogens is 445 g/mol. The van der Waals surface area contributed by atoms with Crippen LogP contribution in [0, 0.1) is 11.3 Å². The van der Waals surface area contributed by atoms with Gasteiger partial charge in [-0.25, -0.2) is 4.79 Å². The van der Waals surface area contributed by atoms with Crippen LogP contribution in [0.2, 0.25) is 0 Å². The fourth-order valence-electron chi connectivity index (χ4n) is 6.07. The van der Waals surface area contributed by atoms with E-state index in [2.05, 4.69) is 21.0 Å². The van der Waals surface area contributed by atoms with Crippen molar-refractivity contribution in [3.05, 3.63) is 53.6 Å². The van der Waals surface area contributed by atoms with Gasteiger partial charge in [0, 0.05) is 6.54 Å². The summed E-state index contributed by atoms with van der Waals surface area (Å²) in [4.78, 5) is 15.2. The molecule has 2 aromatic rings. The Morgan fingerprint density at radius 3 is 2.35 bits per heavy atom. The first-order valence-electron chi connectivity index (χ1n) is 12.0. The molecule has 180 valence electrons. The molecule has 34 heavy (non-hydrogen) atoms. The number of nitrogens with one attached hydrogen (secondary N) is 1. The van der Waals surface area contributed by atoms with Gasteiger partial charge in [0.1, 0.15) is 11.9 Å². The van der Waals surface area contributed by atoms with Crippen LogP contribution in [-0.2, 0) is 11.2 Å². The number of halogens is 3. The molecule has 5 nitrogen and oxygen atoms in total. The van der Waals surface area contributed by atoms with Crippen LogP contribution in [0.25, 0.3) is 11.1 Å². The minimum absolute atomic E-state index is 0.0230. The van der Waals surface area contributed by atoms with Crippen LogP contribution in [0.5, 0.6) is 5.75 Å². The summed E-state index contributed by atoms with van der Waals surface area (Å²) in [6, 6.07) is 11.9. The van der Waals surface area contributed by atoms with E-state index in [1.807, 2.05) is 12.1 Å². The predicted molar refractivity (Wildman–Crippen MR) is 119 cm³/mol. The third-order valence-corrected chi connectivity index (χ3v) is 8.04. The summed E-state index contributed by atoms with van der Waals surface area (Å²) in [5.41, 5.74) is 4.10. The first-order valence-corrected chi connectivity index (χ1v) is 12.0. The lowest BCUT2D eigenvalue weighted by atomic mass is 9.86. The van der Waals surface area contributed by atoms with Gasteiger partial charge in [-0.15, -0.1) is 13.2 Å². The first-order chi connectivity index (χ1) is 16.3. The summed E-state index contributed by atoms with van der Waals surface area (Å²) in [6.07, 6.45) is 0.149. The molecule has 5 aliphatic rings. The fraction of sp³-hybridized carbons (Fsp3) is 0.500. The van der Waals surface area contributed by atoms with Gasteiger partial charge in [-0.3, -0.25) is 4.90 Å². The number of hydrogen-bond donors (Lipinski definition) is 1. The van der Waals surface area contributed by atoms with Crippen LogP contribution < -0.4 is 10.1 Å². The monoisotopic (exact) mass is 472 g/mol. The van der Waals surface area contributed by atoms with E-state index in [0.717, 1.165) is 68.4 Å². The molecule has 2 atom stereocenters. The van der Waals surface area contributed by atoms with Crippen LogP contribution in [0.15, 0.2) is 42.5 Å². The number of carbonyl (C=O) groups excluding carboxylic acids is 1. The first kappa shape index (κ1) is 21.8. The van der Waals surface area contributed by atoms with Crippen molar-refractivity contribution in [3.63, 3.8) is 0 Å². The number of ether oxygens (including phenoxy) is 2. The Morgan fingerprint density at radius 1 is 1.03 bits per heavy atom. The average Bonchev–Trinajstić information content (AvgIpc) is 3.51. The largest absolute Gasteiger partial charge is 0.573 e. The number of fused-ring (bicyclic) bond motifs is 4. The topological polar surface area (TPSA) is 50.8 Å². The molecule has 4 fully saturated rings. The number of nitrogens with zero attached hydrogens (tertiary/aromatic N) is 1. The summed E-state index contributed by atoms with van der Waals surface area (Å²) < 4.78 is 47.1. The smallest absolute Gasteiger partial charge is 0.445 e. The molecule has 1 N–H and O–H groups in total. The zero-order valence-electron chi connectivity index (χ0n) is 18.7. The molecule has 0 aromatic heterocycles. The molecule has 0 radical (unpaired) electrons. The highest BCUT2D eigenvalue weighted by molar-refractivity contribution is 5.71. The van der Waals surface area contributed by atoms with Crippen molar-refractivity contribution in [1.29, 1.82) is 0 Å². The molecule has 2 aromatic carbocycles. The average molecular weight is 473 g/mol. The van der Waals surface area contributed by atoms with Gasteiger partial charge < -0.3 is 14.8 Å².